The van der Waals surface area contributed by atoms with Crippen LogP contribution in [0.1, 0.15) is 59.9 Å². The van der Waals surface area contributed by atoms with Crippen molar-refractivity contribution in [3.8, 4) is 0 Å². The summed E-state index contributed by atoms with van der Waals surface area (Å²) in [5, 5.41) is 2.66. The fourth-order valence-electron chi connectivity index (χ4n) is 5.19. The molecule has 0 aromatic heterocycles. The monoisotopic (exact) mass is 702 g/mol. The minimum absolute atomic E-state index is 0.0844. The van der Waals surface area contributed by atoms with Crippen molar-refractivity contribution in [3.63, 3.8) is 0 Å². The van der Waals surface area contributed by atoms with E-state index in [4.69, 9.17) is 13.6 Å². The van der Waals surface area contributed by atoms with Crippen LogP contribution in [0.25, 0.3) is 0 Å². The fraction of sp³-hybridized carbons (Fsp3) is 0.486. The Labute approximate surface area is 265 Å². The van der Waals surface area contributed by atoms with Gasteiger partial charge in [0.15, 0.2) is 8.32 Å². The molecule has 0 aliphatic carbocycles. The van der Waals surface area contributed by atoms with Gasteiger partial charge in [0.1, 0.15) is 0 Å². The first-order valence-corrected chi connectivity index (χ1v) is 21.3. The molecule has 0 radical (unpaired) electrons. The van der Waals surface area contributed by atoms with Crippen molar-refractivity contribution in [2.24, 2.45) is 0 Å². The molecule has 41 heavy (non-hydrogen) atoms. The van der Waals surface area contributed by atoms with Gasteiger partial charge in [-0.3, -0.25) is 0 Å². The van der Waals surface area contributed by atoms with Crippen LogP contribution in [0.2, 0.25) is 23.2 Å². The first-order chi connectivity index (χ1) is 19.3. The summed E-state index contributed by atoms with van der Waals surface area (Å²) in [5.74, 6) is 0. The smallest absolute Gasteiger partial charge is 0.261 e. The first kappa shape index (κ1) is 34.2. The van der Waals surface area contributed by atoms with Gasteiger partial charge in [0.05, 0.1) is 19.3 Å². The molecule has 0 fully saturated rings. The predicted octanol–water partition coefficient (Wildman–Crippen LogP) is 8.75. The van der Waals surface area contributed by atoms with Gasteiger partial charge < -0.3 is 13.6 Å². The van der Waals surface area contributed by atoms with Gasteiger partial charge in [-0.1, -0.05) is 155 Å². The number of alkyl halides is 1. The summed E-state index contributed by atoms with van der Waals surface area (Å²) in [6, 6.07) is 32.2. The fourth-order valence-corrected chi connectivity index (χ4v) is 11.9. The largest absolute Gasteiger partial charge is 0.414 e. The molecule has 0 aliphatic rings. The lowest BCUT2D eigenvalue weighted by Crippen LogP contribution is -2.67. The van der Waals surface area contributed by atoms with Crippen LogP contribution in [0, 0.1) is 0 Å². The Hall–Kier alpha value is -1.30. The van der Waals surface area contributed by atoms with E-state index in [9.17, 15) is 0 Å². The van der Waals surface area contributed by atoms with Gasteiger partial charge in [-0.15, -0.1) is 0 Å². The number of ether oxygens (including phenoxy) is 1. The van der Waals surface area contributed by atoms with Crippen LogP contribution >= 0.6 is 22.6 Å². The number of hydrogen-bond acceptors (Lipinski definition) is 3. The minimum Gasteiger partial charge on any atom is -0.414 e. The molecule has 0 amide bonds. The van der Waals surface area contributed by atoms with Crippen molar-refractivity contribution in [2.45, 2.75) is 96.4 Å². The average molecular weight is 703 g/mol. The van der Waals surface area contributed by atoms with E-state index in [-0.39, 0.29) is 22.3 Å². The quantitative estimate of drug-likeness (QED) is 0.0956. The SMILES string of the molecule is CC(C)(C)[Si](C)(C)O[C@@H](CCI)C[C@H](CO[Si](c1ccccc1)(c1ccccc1)C(C)(C)C)OCc1ccccc1. The third kappa shape index (κ3) is 9.10. The third-order valence-electron chi connectivity index (χ3n) is 8.46. The Bertz CT molecular complexity index is 1120. The highest BCUT2D eigenvalue weighted by Crippen LogP contribution is 2.39. The second-order valence-corrected chi connectivity index (χ2v) is 23.7. The molecule has 3 aromatic carbocycles. The summed E-state index contributed by atoms with van der Waals surface area (Å²) in [6.07, 6.45) is 1.88. The molecular weight excluding hydrogens is 651 g/mol. The second-order valence-electron chi connectivity index (χ2n) is 13.6. The van der Waals surface area contributed by atoms with E-state index in [0.29, 0.717) is 13.2 Å². The highest BCUT2D eigenvalue weighted by Gasteiger charge is 2.50. The zero-order chi connectivity index (χ0) is 30.2. The van der Waals surface area contributed by atoms with E-state index < -0.39 is 16.6 Å². The van der Waals surface area contributed by atoms with E-state index in [1.54, 1.807) is 0 Å². The molecule has 0 bridgehead atoms. The topological polar surface area (TPSA) is 27.7 Å². The Morgan fingerprint density at radius 3 is 1.61 bits per heavy atom. The van der Waals surface area contributed by atoms with Crippen LogP contribution in [-0.2, 0) is 20.2 Å². The van der Waals surface area contributed by atoms with Crippen molar-refractivity contribution in [3.05, 3.63) is 96.6 Å². The van der Waals surface area contributed by atoms with Crippen molar-refractivity contribution in [1.29, 1.82) is 0 Å². The number of hydrogen-bond donors (Lipinski definition) is 0. The summed E-state index contributed by atoms with van der Waals surface area (Å²) in [5.41, 5.74) is 1.18. The van der Waals surface area contributed by atoms with Crippen LogP contribution in [0.3, 0.4) is 0 Å². The van der Waals surface area contributed by atoms with Crippen molar-refractivity contribution < 1.29 is 13.6 Å². The second kappa shape index (κ2) is 14.9. The van der Waals surface area contributed by atoms with Crippen LogP contribution in [0.15, 0.2) is 91.0 Å². The lowest BCUT2D eigenvalue weighted by Gasteiger charge is -2.44. The Morgan fingerprint density at radius 2 is 1.17 bits per heavy atom. The molecule has 2 atom stereocenters. The molecule has 224 valence electrons. The molecule has 0 saturated heterocycles. The summed E-state index contributed by atoms with van der Waals surface area (Å²) in [7, 11) is -4.63. The molecule has 0 unspecified atom stereocenters. The normalized spacial score (nSPS) is 14.6. The molecule has 0 spiro atoms. The molecule has 6 heteroatoms. The van der Waals surface area contributed by atoms with Crippen LogP contribution in [-0.4, -0.2) is 39.9 Å². The van der Waals surface area contributed by atoms with E-state index in [1.807, 2.05) is 0 Å². The third-order valence-corrected chi connectivity index (χ3v) is 18.6. The van der Waals surface area contributed by atoms with Crippen molar-refractivity contribution in [1.82, 2.24) is 0 Å². The van der Waals surface area contributed by atoms with Gasteiger partial charge in [0, 0.05) is 17.0 Å². The Balaban J connectivity index is 1.97. The van der Waals surface area contributed by atoms with Crippen molar-refractivity contribution in [2.75, 3.05) is 11.0 Å². The minimum atomic E-state index is -2.68. The molecule has 0 N–H and O–H groups in total. The highest BCUT2D eigenvalue weighted by molar-refractivity contribution is 14.1. The number of halogens is 1. The van der Waals surface area contributed by atoms with E-state index in [2.05, 4.69) is 168 Å². The average Bonchev–Trinajstić information content (AvgIpc) is 2.92. The van der Waals surface area contributed by atoms with Gasteiger partial charge >= 0.3 is 0 Å². The Morgan fingerprint density at radius 1 is 0.683 bits per heavy atom. The van der Waals surface area contributed by atoms with Crippen LogP contribution in [0.5, 0.6) is 0 Å². The first-order valence-electron chi connectivity index (χ1n) is 14.9. The lowest BCUT2D eigenvalue weighted by molar-refractivity contribution is -0.0203. The maximum Gasteiger partial charge on any atom is 0.261 e. The lowest BCUT2D eigenvalue weighted by atomic mass is 10.1. The standard InChI is InChI=1S/C35H51IO3Si2/c1-34(2,3)40(7,8)39-30(24-25-36)26-31(37-27-29-18-12-9-13-19-29)28-38-41(35(4,5)6,32-20-14-10-15-21-32)33-22-16-11-17-23-33/h9-23,30-31H,24-28H2,1-8H3/t30-,31+/m0/s1. The number of benzene rings is 3. The predicted molar refractivity (Wildman–Crippen MR) is 189 cm³/mol. The van der Waals surface area contributed by atoms with Gasteiger partial charge in [0.2, 0.25) is 0 Å². The summed E-state index contributed by atoms with van der Waals surface area (Å²) < 4.78 is 22.1. The maximum atomic E-state index is 7.36. The van der Waals surface area contributed by atoms with Gasteiger partial charge in [-0.2, -0.15) is 0 Å². The molecule has 0 aliphatic heterocycles. The summed E-state index contributed by atoms with van der Waals surface area (Å²) in [4.78, 5) is 0. The molecular formula is C35H51IO3Si2. The molecule has 0 heterocycles. The Kier molecular flexibility index (Phi) is 12.5. The van der Waals surface area contributed by atoms with Crippen LogP contribution < -0.4 is 10.4 Å². The van der Waals surface area contributed by atoms with Gasteiger partial charge in [-0.25, -0.2) is 0 Å². The van der Waals surface area contributed by atoms with Crippen LogP contribution in [0.4, 0.5) is 0 Å². The maximum absolute atomic E-state index is 7.36. The zero-order valence-electron chi connectivity index (χ0n) is 26.5. The number of rotatable bonds is 14. The van der Waals surface area contributed by atoms with Crippen molar-refractivity contribution >= 4 is 49.6 Å². The van der Waals surface area contributed by atoms with E-state index in [0.717, 1.165) is 17.3 Å². The van der Waals surface area contributed by atoms with E-state index in [1.165, 1.54) is 15.9 Å². The summed E-state index contributed by atoms with van der Waals surface area (Å²) in [6.45, 7) is 19.7. The van der Waals surface area contributed by atoms with Gasteiger partial charge in [0.25, 0.3) is 8.32 Å². The molecule has 3 nitrogen and oxygen atoms in total. The van der Waals surface area contributed by atoms with Gasteiger partial charge in [-0.05, 0) is 45.5 Å². The summed E-state index contributed by atoms with van der Waals surface area (Å²) >= 11 is 2.48. The zero-order valence-corrected chi connectivity index (χ0v) is 30.6. The van der Waals surface area contributed by atoms with E-state index >= 15 is 0 Å². The molecule has 0 saturated carbocycles. The highest BCUT2D eigenvalue weighted by atomic mass is 127. The molecule has 3 aromatic rings. The molecule has 3 rings (SSSR count).